The third-order valence-corrected chi connectivity index (χ3v) is 14.1. The standard InChI is InChI=1S/C15H23FN4O2.C12H17N3O2.C11H17N3.C10H14N4O.C9H12N4O/c1-15(2,3)22-14(21)19-12-6-7-20(9-11(12)16)10-4-5-13(17)18-8-10;1-17-12(16)9-4-6-15(7-5-9)10-2-3-11(13)14-8-10;12-11-6-5-10(9-13-11)14-7-3-1-2-4-8-14;1-13-4-5-14(7-10(13)15)8-2-3-9(11)12-6-8;10-8-2-1-7(5-12-8)13-4-3-11-9(14)6-13/h4-5,8,11-12H,6-7,9H2,1-3H3,(H2,17,18)(H,19,21);2-3,8-9H,4-7H2,1H3,(H2,13,14);5-6,9H,1-4,7-8H2,(H2,12,13);2-3,6H,4-5,7H2,1H3,(H2,11,12);1-2,5H,3-4,6H2,(H2,10,12)(H,11,14)/t11-,12+;;;;/m0..../s1. The summed E-state index contributed by atoms with van der Waals surface area (Å²) in [7, 11) is 3.26. The zero-order chi connectivity index (χ0) is 59.2. The lowest BCUT2D eigenvalue weighted by molar-refractivity contribution is -0.146. The van der Waals surface area contributed by atoms with E-state index in [4.69, 9.17) is 38.1 Å². The van der Waals surface area contributed by atoms with Crippen molar-refractivity contribution in [2.75, 3.05) is 146 Å². The fourth-order valence-electron chi connectivity index (χ4n) is 9.39. The van der Waals surface area contributed by atoms with E-state index in [-0.39, 0.29) is 30.2 Å². The van der Waals surface area contributed by atoms with Gasteiger partial charge in [0.15, 0.2) is 0 Å². The van der Waals surface area contributed by atoms with Gasteiger partial charge in [-0.05, 0) is 114 Å². The van der Waals surface area contributed by atoms with E-state index >= 15 is 0 Å². The number of carbonyl (C=O) groups is 4. The Balaban J connectivity index is 0.000000167. The van der Waals surface area contributed by atoms with Gasteiger partial charge in [-0.3, -0.25) is 14.4 Å². The molecular weight excluding hydrogens is 1050 g/mol. The molecule has 0 radical (unpaired) electrons. The molecule has 25 heteroatoms. The highest BCUT2D eigenvalue weighted by Crippen LogP contribution is 2.26. The van der Waals surface area contributed by atoms with Gasteiger partial charge < -0.3 is 78.2 Å². The first kappa shape index (κ1) is 62.6. The molecule has 0 aliphatic carbocycles. The number of amides is 3. The lowest BCUT2D eigenvalue weighted by Gasteiger charge is -2.36. The Bertz CT molecular complexity index is 2740. The maximum absolute atomic E-state index is 14.3. The molecule has 12 N–H and O–H groups in total. The van der Waals surface area contributed by atoms with Crippen LogP contribution >= 0.6 is 0 Å². The van der Waals surface area contributed by atoms with Crippen LogP contribution in [-0.4, -0.2) is 164 Å². The van der Waals surface area contributed by atoms with Crippen molar-refractivity contribution in [3.8, 4) is 0 Å². The maximum atomic E-state index is 14.3. The number of alkyl carbamates (subject to hydrolysis) is 1. The summed E-state index contributed by atoms with van der Waals surface area (Å²) >= 11 is 0. The van der Waals surface area contributed by atoms with Crippen LogP contribution in [0.4, 0.5) is 66.7 Å². The number of pyridine rings is 5. The minimum absolute atomic E-state index is 0.0398. The molecule has 82 heavy (non-hydrogen) atoms. The van der Waals surface area contributed by atoms with Gasteiger partial charge >= 0.3 is 12.1 Å². The van der Waals surface area contributed by atoms with E-state index in [1.165, 1.54) is 38.5 Å². The first-order valence-corrected chi connectivity index (χ1v) is 27.8. The zero-order valence-electron chi connectivity index (χ0n) is 48.0. The number of carbonyl (C=O) groups excluding carboxylic acids is 4. The van der Waals surface area contributed by atoms with Gasteiger partial charge in [-0.2, -0.15) is 0 Å². The van der Waals surface area contributed by atoms with Crippen LogP contribution in [0.25, 0.3) is 0 Å². The highest BCUT2D eigenvalue weighted by Gasteiger charge is 2.32. The second kappa shape index (κ2) is 30.8. The summed E-state index contributed by atoms with van der Waals surface area (Å²) in [5.41, 5.74) is 32.0. The Morgan fingerprint density at radius 1 is 0.573 bits per heavy atom. The van der Waals surface area contributed by atoms with Crippen molar-refractivity contribution < 1.29 is 33.0 Å². The Morgan fingerprint density at radius 2 is 1.00 bits per heavy atom. The van der Waals surface area contributed by atoms with Crippen LogP contribution in [0.2, 0.25) is 0 Å². The molecule has 0 spiro atoms. The molecule has 2 atom stereocenters. The molecule has 5 aliphatic rings. The first-order chi connectivity index (χ1) is 39.2. The van der Waals surface area contributed by atoms with E-state index in [0.29, 0.717) is 61.7 Å². The predicted molar refractivity (Wildman–Crippen MR) is 321 cm³/mol. The number of alkyl halides is 1. The Hall–Kier alpha value is -8.64. The van der Waals surface area contributed by atoms with E-state index < -0.39 is 23.9 Å². The molecule has 24 nitrogen and oxygen atoms in total. The van der Waals surface area contributed by atoms with E-state index in [1.54, 1.807) is 74.7 Å². The number of aromatic nitrogens is 5. The summed E-state index contributed by atoms with van der Waals surface area (Å²) in [6.45, 7) is 14.1. The molecule has 5 aliphatic heterocycles. The molecule has 0 saturated carbocycles. The first-order valence-electron chi connectivity index (χ1n) is 27.8. The second-order valence-corrected chi connectivity index (χ2v) is 21.4. The number of likely N-dealkylation sites (N-methyl/N-ethyl adjacent to an activating group) is 1. The number of nitrogens with zero attached hydrogens (tertiary/aromatic N) is 11. The average Bonchev–Trinajstić information content (AvgIpc) is 3.85. The molecule has 0 aromatic carbocycles. The number of piperidine rings is 2. The number of ether oxygens (including phenoxy) is 2. The monoisotopic (exact) mass is 1130 g/mol. The number of nitrogen functional groups attached to an aromatic ring is 5. The van der Waals surface area contributed by atoms with Gasteiger partial charge in [-0.1, -0.05) is 12.8 Å². The van der Waals surface area contributed by atoms with E-state index in [9.17, 15) is 23.6 Å². The summed E-state index contributed by atoms with van der Waals surface area (Å²) in [5.74, 6) is 2.68. The highest BCUT2D eigenvalue weighted by atomic mass is 19.1. The van der Waals surface area contributed by atoms with E-state index in [2.05, 4.69) is 51.4 Å². The van der Waals surface area contributed by atoms with Crippen molar-refractivity contribution in [3.05, 3.63) is 91.6 Å². The molecular formula is C57H83FN18O6. The average molecular weight is 1140 g/mol. The number of esters is 1. The van der Waals surface area contributed by atoms with Gasteiger partial charge in [0, 0.05) is 66.0 Å². The van der Waals surface area contributed by atoms with Crippen molar-refractivity contribution >= 4 is 81.4 Å². The molecule has 5 aromatic heterocycles. The molecule has 0 unspecified atom stereocenters. The summed E-state index contributed by atoms with van der Waals surface area (Å²) < 4.78 is 24.2. The van der Waals surface area contributed by atoms with E-state index in [1.807, 2.05) is 58.3 Å². The third kappa shape index (κ3) is 20.5. The van der Waals surface area contributed by atoms with Gasteiger partial charge in [-0.25, -0.2) is 34.1 Å². The SMILES string of the molecule is CC(C)(C)OC(=O)N[C@@H]1CCN(c2ccc(N)nc2)C[C@@H]1F.CN1CCN(c2ccc(N)nc2)CC1=O.COC(=O)C1CCN(c2ccc(N)nc2)CC1.Nc1ccc(N2CCCCCC2)cn1.Nc1ccc(N2CCNC(=O)C2)cn1. The molecule has 0 bridgehead atoms. The number of methoxy groups -OCH3 is 1. The molecule has 5 fully saturated rings. The fourth-order valence-corrected chi connectivity index (χ4v) is 9.39. The Kier molecular flexibility index (Phi) is 23.5. The third-order valence-electron chi connectivity index (χ3n) is 14.1. The number of anilines is 10. The summed E-state index contributed by atoms with van der Waals surface area (Å²) in [5, 5.41) is 5.38. The van der Waals surface area contributed by atoms with E-state index in [0.717, 1.165) is 81.4 Å². The minimum atomic E-state index is -1.17. The van der Waals surface area contributed by atoms with Gasteiger partial charge in [0.05, 0.1) is 98.1 Å². The largest absolute Gasteiger partial charge is 0.469 e. The molecule has 10 rings (SSSR count). The van der Waals surface area contributed by atoms with Crippen molar-refractivity contribution in [2.24, 2.45) is 5.92 Å². The van der Waals surface area contributed by atoms with Crippen LogP contribution in [0, 0.1) is 5.92 Å². The lowest BCUT2D eigenvalue weighted by Crippen LogP contribution is -2.53. The van der Waals surface area contributed by atoms with Crippen LogP contribution in [0.5, 0.6) is 0 Å². The number of hydrogen-bond donors (Lipinski definition) is 7. The van der Waals surface area contributed by atoms with Crippen LogP contribution in [0.15, 0.2) is 91.6 Å². The summed E-state index contributed by atoms with van der Waals surface area (Å²) in [4.78, 5) is 78.1. The summed E-state index contributed by atoms with van der Waals surface area (Å²) in [6.07, 6.45) is 14.4. The molecule has 444 valence electrons. The van der Waals surface area contributed by atoms with Crippen LogP contribution in [0.3, 0.4) is 0 Å². The van der Waals surface area contributed by atoms with Gasteiger partial charge in [-0.15, -0.1) is 0 Å². The number of nitrogens with two attached hydrogens (primary N) is 5. The van der Waals surface area contributed by atoms with Gasteiger partial charge in [0.25, 0.3) is 0 Å². The van der Waals surface area contributed by atoms with Crippen LogP contribution in [0.1, 0.15) is 65.7 Å². The fraction of sp³-hybridized carbons (Fsp3) is 0.491. The Morgan fingerprint density at radius 3 is 1.40 bits per heavy atom. The van der Waals surface area contributed by atoms with Crippen molar-refractivity contribution in [2.45, 2.75) is 83.5 Å². The molecule has 10 heterocycles. The van der Waals surface area contributed by atoms with Crippen molar-refractivity contribution in [1.29, 1.82) is 0 Å². The maximum Gasteiger partial charge on any atom is 0.407 e. The van der Waals surface area contributed by atoms with Crippen molar-refractivity contribution in [1.82, 2.24) is 40.5 Å². The van der Waals surface area contributed by atoms with Crippen LogP contribution < -0.4 is 63.8 Å². The van der Waals surface area contributed by atoms with Gasteiger partial charge in [0.1, 0.15) is 40.9 Å². The predicted octanol–water partition coefficient (Wildman–Crippen LogP) is 4.74. The molecule has 3 amide bonds. The Labute approximate surface area is 480 Å². The normalized spacial score (nSPS) is 18.5. The smallest absolute Gasteiger partial charge is 0.407 e. The highest BCUT2D eigenvalue weighted by molar-refractivity contribution is 5.83. The number of nitrogens with one attached hydrogen (secondary N) is 2. The number of rotatable bonds is 7. The van der Waals surface area contributed by atoms with Gasteiger partial charge in [0.2, 0.25) is 11.8 Å². The molecule has 5 saturated heterocycles. The quantitative estimate of drug-likeness (QED) is 0.108. The zero-order valence-corrected chi connectivity index (χ0v) is 48.0. The second-order valence-electron chi connectivity index (χ2n) is 21.4. The topological polar surface area (TPSA) is 325 Å². The van der Waals surface area contributed by atoms with Crippen LogP contribution in [-0.2, 0) is 23.9 Å². The number of hydrogen-bond acceptors (Lipinski definition) is 21. The summed E-state index contributed by atoms with van der Waals surface area (Å²) in [6, 6.07) is 17.9. The lowest BCUT2D eigenvalue weighted by atomic mass is 9.97. The number of piperazine rings is 2. The molecule has 5 aromatic rings. The minimum Gasteiger partial charge on any atom is -0.469 e. The van der Waals surface area contributed by atoms with Crippen molar-refractivity contribution in [3.63, 3.8) is 0 Å². The number of halogens is 1.